The van der Waals surface area contributed by atoms with E-state index in [1.54, 1.807) is 26.4 Å². The minimum atomic E-state index is -0.398. The molecule has 2 amide bonds. The first-order valence-electron chi connectivity index (χ1n) is 8.46. The topological polar surface area (TPSA) is 62.3 Å². The molecule has 5 nitrogen and oxygen atoms in total. The summed E-state index contributed by atoms with van der Waals surface area (Å²) in [6.45, 7) is 0. The highest BCUT2D eigenvalue weighted by Gasteiger charge is 2.21. The summed E-state index contributed by atoms with van der Waals surface area (Å²) in [5.41, 5.74) is 2.21. The largest absolute Gasteiger partial charge is 0.349 e. The maximum atomic E-state index is 12.9. The van der Waals surface area contributed by atoms with Crippen LogP contribution in [0, 0.1) is 0 Å². The summed E-state index contributed by atoms with van der Waals surface area (Å²) < 4.78 is 0. The van der Waals surface area contributed by atoms with Crippen LogP contribution in [0.25, 0.3) is 10.9 Å². The van der Waals surface area contributed by atoms with Crippen LogP contribution in [0.4, 0.5) is 0 Å². The Bertz CT molecular complexity index is 917. The van der Waals surface area contributed by atoms with Crippen molar-refractivity contribution in [1.29, 1.82) is 0 Å². The molecule has 0 bridgehead atoms. The van der Waals surface area contributed by atoms with Gasteiger partial charge in [-0.1, -0.05) is 42.5 Å². The molecule has 26 heavy (non-hydrogen) atoms. The van der Waals surface area contributed by atoms with Crippen molar-refractivity contribution in [1.82, 2.24) is 15.2 Å². The first-order valence-corrected chi connectivity index (χ1v) is 8.46. The summed E-state index contributed by atoms with van der Waals surface area (Å²) >= 11 is 0. The Balaban J connectivity index is 1.90. The molecule has 0 spiro atoms. The van der Waals surface area contributed by atoms with Crippen LogP contribution in [0.5, 0.6) is 0 Å². The van der Waals surface area contributed by atoms with Crippen LogP contribution in [0.2, 0.25) is 0 Å². The van der Waals surface area contributed by atoms with Crippen LogP contribution in [0.15, 0.2) is 66.9 Å². The average molecular weight is 347 g/mol. The fraction of sp³-hybridized carbons (Fsp3) is 0.190. The Morgan fingerprint density at radius 2 is 1.77 bits per heavy atom. The lowest BCUT2D eigenvalue weighted by Crippen LogP contribution is -2.33. The fourth-order valence-corrected chi connectivity index (χ4v) is 2.83. The molecule has 1 N–H and O–H groups in total. The number of carbonyl (C=O) groups excluding carboxylic acids is 2. The summed E-state index contributed by atoms with van der Waals surface area (Å²) in [5.74, 6) is -0.261. The molecule has 0 aliphatic carbocycles. The predicted octanol–water partition coefficient (Wildman–Crippen LogP) is 3.18. The van der Waals surface area contributed by atoms with Gasteiger partial charge in [-0.25, -0.2) is 0 Å². The lowest BCUT2D eigenvalue weighted by Gasteiger charge is -2.21. The molecule has 1 heterocycles. The molecule has 0 aliphatic rings. The van der Waals surface area contributed by atoms with E-state index >= 15 is 0 Å². The highest BCUT2D eigenvalue weighted by Crippen LogP contribution is 2.21. The molecule has 0 unspecified atom stereocenters. The maximum Gasteiger partial charge on any atom is 0.252 e. The zero-order valence-corrected chi connectivity index (χ0v) is 14.8. The third-order valence-electron chi connectivity index (χ3n) is 4.28. The number of nitrogens with zero attached hydrogens (tertiary/aromatic N) is 2. The maximum absolute atomic E-state index is 12.9. The minimum absolute atomic E-state index is 0.0428. The lowest BCUT2D eigenvalue weighted by molar-refractivity contribution is -0.129. The molecule has 0 saturated heterocycles. The summed E-state index contributed by atoms with van der Waals surface area (Å²) in [4.78, 5) is 31.0. The summed E-state index contributed by atoms with van der Waals surface area (Å²) in [6, 6.07) is 18.3. The van der Waals surface area contributed by atoms with Gasteiger partial charge < -0.3 is 10.2 Å². The van der Waals surface area contributed by atoms with E-state index in [0.29, 0.717) is 5.56 Å². The van der Waals surface area contributed by atoms with Gasteiger partial charge in [-0.2, -0.15) is 0 Å². The monoisotopic (exact) mass is 347 g/mol. The molecular formula is C21H21N3O2. The highest BCUT2D eigenvalue weighted by atomic mass is 16.2. The van der Waals surface area contributed by atoms with Crippen LogP contribution in [-0.2, 0) is 4.79 Å². The molecule has 3 aromatic rings. The van der Waals surface area contributed by atoms with Crippen molar-refractivity contribution >= 4 is 22.7 Å². The second-order valence-electron chi connectivity index (χ2n) is 6.30. The Labute approximate surface area is 152 Å². The molecule has 0 saturated carbocycles. The Morgan fingerprint density at radius 3 is 2.50 bits per heavy atom. The molecule has 132 valence electrons. The SMILES string of the molecule is CN(C)C(=O)C[C@@H](NC(=O)c1cccc2ncccc12)c1ccccc1. The van der Waals surface area contributed by atoms with Gasteiger partial charge in [-0.3, -0.25) is 14.6 Å². The third-order valence-corrected chi connectivity index (χ3v) is 4.28. The Hall–Kier alpha value is -3.21. The van der Waals surface area contributed by atoms with Gasteiger partial charge in [0.05, 0.1) is 18.0 Å². The summed E-state index contributed by atoms with van der Waals surface area (Å²) in [5, 5.41) is 3.80. The van der Waals surface area contributed by atoms with E-state index in [1.165, 1.54) is 4.90 Å². The third kappa shape index (κ3) is 3.88. The van der Waals surface area contributed by atoms with Crippen LogP contribution < -0.4 is 5.32 Å². The van der Waals surface area contributed by atoms with Crippen molar-refractivity contribution in [3.8, 4) is 0 Å². The van der Waals surface area contributed by atoms with E-state index < -0.39 is 6.04 Å². The van der Waals surface area contributed by atoms with Crippen LogP contribution in [-0.4, -0.2) is 35.8 Å². The second kappa shape index (κ2) is 7.78. The van der Waals surface area contributed by atoms with Crippen molar-refractivity contribution in [2.75, 3.05) is 14.1 Å². The molecule has 1 atom stereocenters. The number of carbonyl (C=O) groups is 2. The molecule has 0 radical (unpaired) electrons. The van der Waals surface area contributed by atoms with E-state index in [4.69, 9.17) is 0 Å². The number of benzene rings is 2. The quantitative estimate of drug-likeness (QED) is 0.771. The number of hydrogen-bond donors (Lipinski definition) is 1. The van der Waals surface area contributed by atoms with E-state index in [2.05, 4.69) is 10.3 Å². The van der Waals surface area contributed by atoms with Crippen molar-refractivity contribution in [3.63, 3.8) is 0 Å². The van der Waals surface area contributed by atoms with Crippen molar-refractivity contribution in [3.05, 3.63) is 78.0 Å². The van der Waals surface area contributed by atoms with Crippen molar-refractivity contribution in [2.45, 2.75) is 12.5 Å². The standard InChI is InChI=1S/C21H21N3O2/c1-24(2)20(25)14-19(15-8-4-3-5-9-15)23-21(26)17-10-6-12-18-16(17)11-7-13-22-18/h3-13,19H,14H2,1-2H3,(H,23,26)/t19-/m1/s1. The second-order valence-corrected chi connectivity index (χ2v) is 6.30. The van der Waals surface area contributed by atoms with Gasteiger partial charge in [0, 0.05) is 31.2 Å². The van der Waals surface area contributed by atoms with E-state index in [0.717, 1.165) is 16.5 Å². The number of hydrogen-bond acceptors (Lipinski definition) is 3. The van der Waals surface area contributed by atoms with Gasteiger partial charge in [0.25, 0.3) is 5.91 Å². The van der Waals surface area contributed by atoms with Gasteiger partial charge in [-0.15, -0.1) is 0 Å². The van der Waals surface area contributed by atoms with Crippen LogP contribution in [0.1, 0.15) is 28.4 Å². The number of pyridine rings is 1. The number of amides is 2. The molecular weight excluding hydrogens is 326 g/mol. The molecule has 1 aromatic heterocycles. The van der Waals surface area contributed by atoms with Crippen molar-refractivity contribution in [2.24, 2.45) is 0 Å². The van der Waals surface area contributed by atoms with Gasteiger partial charge in [0.2, 0.25) is 5.91 Å². The number of aromatic nitrogens is 1. The molecule has 2 aromatic carbocycles. The first-order chi connectivity index (χ1) is 12.6. The first kappa shape index (κ1) is 17.6. The van der Waals surface area contributed by atoms with Gasteiger partial charge in [0.15, 0.2) is 0 Å². The average Bonchev–Trinajstić information content (AvgIpc) is 2.67. The highest BCUT2D eigenvalue weighted by molar-refractivity contribution is 6.06. The molecule has 0 fully saturated rings. The van der Waals surface area contributed by atoms with E-state index in [9.17, 15) is 9.59 Å². The zero-order chi connectivity index (χ0) is 18.5. The van der Waals surface area contributed by atoms with E-state index in [-0.39, 0.29) is 18.2 Å². The molecule has 3 rings (SSSR count). The normalized spacial score (nSPS) is 11.8. The van der Waals surface area contributed by atoms with E-state index in [1.807, 2.05) is 54.6 Å². The zero-order valence-electron chi connectivity index (χ0n) is 14.8. The number of nitrogens with one attached hydrogen (secondary N) is 1. The minimum Gasteiger partial charge on any atom is -0.349 e. The van der Waals surface area contributed by atoms with Crippen molar-refractivity contribution < 1.29 is 9.59 Å². The molecule has 0 aliphatic heterocycles. The Kier molecular flexibility index (Phi) is 5.27. The van der Waals surface area contributed by atoms with Gasteiger partial charge >= 0.3 is 0 Å². The fourth-order valence-electron chi connectivity index (χ4n) is 2.83. The smallest absolute Gasteiger partial charge is 0.252 e. The van der Waals surface area contributed by atoms with Gasteiger partial charge in [-0.05, 0) is 23.8 Å². The Morgan fingerprint density at radius 1 is 1.00 bits per heavy atom. The number of fused-ring (bicyclic) bond motifs is 1. The predicted molar refractivity (Wildman–Crippen MR) is 102 cm³/mol. The summed E-state index contributed by atoms with van der Waals surface area (Å²) in [6.07, 6.45) is 1.90. The van der Waals surface area contributed by atoms with Crippen LogP contribution in [0.3, 0.4) is 0 Å². The lowest BCUT2D eigenvalue weighted by atomic mass is 10.0. The van der Waals surface area contributed by atoms with Gasteiger partial charge in [0.1, 0.15) is 0 Å². The van der Waals surface area contributed by atoms with Crippen LogP contribution >= 0.6 is 0 Å². The molecule has 5 heteroatoms. The number of rotatable bonds is 5. The summed E-state index contributed by atoms with van der Waals surface area (Å²) in [7, 11) is 3.42.